The summed E-state index contributed by atoms with van der Waals surface area (Å²) in [6.07, 6.45) is 0.871. The average Bonchev–Trinajstić information content (AvgIpc) is 3.53. The van der Waals surface area contributed by atoms with Crippen molar-refractivity contribution in [1.29, 1.82) is 0 Å². The molecule has 0 saturated carbocycles. The van der Waals surface area contributed by atoms with E-state index < -0.39 is 0 Å². The predicted octanol–water partition coefficient (Wildman–Crippen LogP) is 4.20. The van der Waals surface area contributed by atoms with Gasteiger partial charge in [0.25, 0.3) is 5.91 Å². The van der Waals surface area contributed by atoms with Crippen LogP contribution in [0.3, 0.4) is 0 Å². The third-order valence-corrected chi connectivity index (χ3v) is 7.48. The molecular formula is C26H26N2O3S. The van der Waals surface area contributed by atoms with Gasteiger partial charge in [0.1, 0.15) is 5.75 Å². The third kappa shape index (κ3) is 3.91. The van der Waals surface area contributed by atoms with Crippen LogP contribution in [0.25, 0.3) is 0 Å². The quantitative estimate of drug-likeness (QED) is 0.604. The van der Waals surface area contributed by atoms with Crippen molar-refractivity contribution in [3.05, 3.63) is 87.6 Å². The first kappa shape index (κ1) is 20.8. The zero-order chi connectivity index (χ0) is 22.1. The second kappa shape index (κ2) is 8.79. The Morgan fingerprint density at radius 2 is 1.81 bits per heavy atom. The summed E-state index contributed by atoms with van der Waals surface area (Å²) in [6, 6.07) is 20.0. The molecule has 5 nitrogen and oxygen atoms in total. The number of thiophene rings is 1. The molecule has 32 heavy (non-hydrogen) atoms. The molecule has 1 fully saturated rings. The summed E-state index contributed by atoms with van der Waals surface area (Å²) in [5, 5.41) is 1.91. The Morgan fingerprint density at radius 3 is 2.59 bits per heavy atom. The van der Waals surface area contributed by atoms with Crippen LogP contribution in [0.5, 0.6) is 5.75 Å². The zero-order valence-corrected chi connectivity index (χ0v) is 18.9. The van der Waals surface area contributed by atoms with Crippen molar-refractivity contribution in [2.24, 2.45) is 5.92 Å². The van der Waals surface area contributed by atoms with Crippen LogP contribution < -0.4 is 4.74 Å². The van der Waals surface area contributed by atoms with Gasteiger partial charge >= 0.3 is 0 Å². The number of rotatable bonds is 4. The number of nitrogens with zero attached hydrogens (tertiary/aromatic N) is 2. The van der Waals surface area contributed by atoms with Gasteiger partial charge in [-0.3, -0.25) is 9.59 Å². The zero-order valence-electron chi connectivity index (χ0n) is 18.1. The number of amides is 2. The summed E-state index contributed by atoms with van der Waals surface area (Å²) >= 11 is 1.44. The number of ether oxygens (including phenoxy) is 1. The molecule has 2 amide bonds. The number of likely N-dealkylation sites (tertiary alicyclic amines) is 1. The lowest BCUT2D eigenvalue weighted by molar-refractivity contribution is -0.136. The highest BCUT2D eigenvalue weighted by molar-refractivity contribution is 7.12. The van der Waals surface area contributed by atoms with Gasteiger partial charge in [-0.1, -0.05) is 42.5 Å². The minimum atomic E-state index is -0.267. The van der Waals surface area contributed by atoms with E-state index in [4.69, 9.17) is 4.74 Å². The van der Waals surface area contributed by atoms with Gasteiger partial charge in [-0.2, -0.15) is 0 Å². The average molecular weight is 447 g/mol. The third-order valence-electron chi connectivity index (χ3n) is 6.62. The summed E-state index contributed by atoms with van der Waals surface area (Å²) < 4.78 is 5.42. The number of carbonyl (C=O) groups excluding carboxylic acids is 2. The molecule has 0 radical (unpaired) electrons. The number of hydrogen-bond donors (Lipinski definition) is 0. The van der Waals surface area contributed by atoms with Crippen LogP contribution in [0.15, 0.2) is 66.0 Å². The molecule has 0 aliphatic carbocycles. The fourth-order valence-electron chi connectivity index (χ4n) is 4.90. The highest BCUT2D eigenvalue weighted by Crippen LogP contribution is 2.37. The van der Waals surface area contributed by atoms with Gasteiger partial charge in [-0.15, -0.1) is 11.3 Å². The van der Waals surface area contributed by atoms with Crippen molar-refractivity contribution in [1.82, 2.24) is 9.80 Å². The van der Waals surface area contributed by atoms with Gasteiger partial charge in [0, 0.05) is 32.1 Å². The first-order valence-electron chi connectivity index (χ1n) is 11.0. The standard InChI is InChI=1S/C26H26N2O3S/c1-31-21-9-4-8-19(14-21)22-16-28(26(30)24-10-5-13-32-24)17-23(22)25(29)27-12-11-18-6-2-3-7-20(18)15-27/h2-10,13-14,22-23H,11-12,15-17H2,1H3. The molecule has 1 saturated heterocycles. The molecule has 2 unspecified atom stereocenters. The Bertz CT molecular complexity index is 1130. The highest BCUT2D eigenvalue weighted by Gasteiger charge is 2.42. The van der Waals surface area contributed by atoms with E-state index in [0.717, 1.165) is 29.2 Å². The molecular weight excluding hydrogens is 420 g/mol. The van der Waals surface area contributed by atoms with Gasteiger partial charge < -0.3 is 14.5 Å². The maximum absolute atomic E-state index is 13.8. The van der Waals surface area contributed by atoms with Gasteiger partial charge in [0.15, 0.2) is 0 Å². The van der Waals surface area contributed by atoms with E-state index >= 15 is 0 Å². The molecule has 3 heterocycles. The summed E-state index contributed by atoms with van der Waals surface area (Å²) in [4.78, 5) is 31.4. The molecule has 0 bridgehead atoms. The van der Waals surface area contributed by atoms with Gasteiger partial charge in [0.05, 0.1) is 17.9 Å². The summed E-state index contributed by atoms with van der Waals surface area (Å²) in [7, 11) is 1.65. The molecule has 1 aromatic heterocycles. The molecule has 2 aliphatic heterocycles. The number of benzene rings is 2. The Labute approximate surface area is 192 Å². The van der Waals surface area contributed by atoms with E-state index in [2.05, 4.69) is 18.2 Å². The van der Waals surface area contributed by atoms with Crippen molar-refractivity contribution in [3.63, 3.8) is 0 Å². The Morgan fingerprint density at radius 1 is 0.969 bits per heavy atom. The van der Waals surface area contributed by atoms with E-state index in [-0.39, 0.29) is 23.7 Å². The second-order valence-electron chi connectivity index (χ2n) is 8.46. The number of methoxy groups -OCH3 is 1. The smallest absolute Gasteiger partial charge is 0.263 e. The second-order valence-corrected chi connectivity index (χ2v) is 9.40. The van der Waals surface area contributed by atoms with Crippen molar-refractivity contribution in [2.45, 2.75) is 18.9 Å². The lowest BCUT2D eigenvalue weighted by Gasteiger charge is -2.32. The fraction of sp³-hybridized carbons (Fsp3) is 0.308. The number of hydrogen-bond acceptors (Lipinski definition) is 4. The van der Waals surface area contributed by atoms with Crippen LogP contribution in [0, 0.1) is 5.92 Å². The number of carbonyl (C=O) groups is 2. The van der Waals surface area contributed by atoms with Crippen molar-refractivity contribution in [2.75, 3.05) is 26.7 Å². The maximum Gasteiger partial charge on any atom is 0.263 e. The molecule has 3 aromatic rings. The van der Waals surface area contributed by atoms with Crippen LogP contribution in [-0.4, -0.2) is 48.4 Å². The molecule has 0 spiro atoms. The van der Waals surface area contributed by atoms with Crippen LogP contribution in [0.4, 0.5) is 0 Å². The lowest BCUT2D eigenvalue weighted by Crippen LogP contribution is -2.42. The molecule has 2 aromatic carbocycles. The summed E-state index contributed by atoms with van der Waals surface area (Å²) in [6.45, 7) is 2.32. The van der Waals surface area contributed by atoms with Gasteiger partial charge in [-0.25, -0.2) is 0 Å². The molecule has 0 N–H and O–H groups in total. The van der Waals surface area contributed by atoms with E-state index in [1.165, 1.54) is 22.5 Å². The molecule has 164 valence electrons. The Hall–Kier alpha value is -3.12. The summed E-state index contributed by atoms with van der Waals surface area (Å²) in [5.74, 6) is 0.583. The van der Waals surface area contributed by atoms with Crippen LogP contribution in [0.2, 0.25) is 0 Å². The fourth-order valence-corrected chi connectivity index (χ4v) is 5.60. The van der Waals surface area contributed by atoms with Crippen molar-refractivity contribution < 1.29 is 14.3 Å². The number of fused-ring (bicyclic) bond motifs is 1. The van der Waals surface area contributed by atoms with E-state index in [9.17, 15) is 9.59 Å². The Balaban J connectivity index is 1.43. The molecule has 2 atom stereocenters. The van der Waals surface area contributed by atoms with Gasteiger partial charge in [-0.05, 0) is 46.7 Å². The van der Waals surface area contributed by atoms with Crippen LogP contribution in [0.1, 0.15) is 32.3 Å². The molecule has 5 rings (SSSR count). The first-order valence-corrected chi connectivity index (χ1v) is 11.8. The monoisotopic (exact) mass is 446 g/mol. The van der Waals surface area contributed by atoms with E-state index in [1.807, 2.05) is 57.6 Å². The SMILES string of the molecule is COc1cccc(C2CN(C(=O)c3cccs3)CC2C(=O)N2CCc3ccccc3C2)c1. The topological polar surface area (TPSA) is 49.9 Å². The normalized spacial score (nSPS) is 20.2. The minimum absolute atomic E-state index is 0.00665. The van der Waals surface area contributed by atoms with Crippen LogP contribution in [-0.2, 0) is 17.8 Å². The largest absolute Gasteiger partial charge is 0.497 e. The van der Waals surface area contributed by atoms with Crippen molar-refractivity contribution in [3.8, 4) is 5.75 Å². The van der Waals surface area contributed by atoms with Crippen LogP contribution >= 0.6 is 11.3 Å². The van der Waals surface area contributed by atoms with Gasteiger partial charge in [0.2, 0.25) is 5.91 Å². The van der Waals surface area contributed by atoms with Crippen molar-refractivity contribution >= 4 is 23.2 Å². The predicted molar refractivity (Wildman–Crippen MR) is 125 cm³/mol. The molecule has 6 heteroatoms. The summed E-state index contributed by atoms with van der Waals surface area (Å²) in [5.41, 5.74) is 3.58. The minimum Gasteiger partial charge on any atom is -0.497 e. The highest BCUT2D eigenvalue weighted by atomic mass is 32.1. The van der Waals surface area contributed by atoms with E-state index in [1.54, 1.807) is 7.11 Å². The Kier molecular flexibility index (Phi) is 5.70. The first-order chi connectivity index (χ1) is 15.6. The van der Waals surface area contributed by atoms with E-state index in [0.29, 0.717) is 19.6 Å². The lowest BCUT2D eigenvalue weighted by atomic mass is 9.87. The molecule has 2 aliphatic rings. The maximum atomic E-state index is 13.8.